The number of carbonyl (C=O) groups excluding carboxylic acids is 1. The van der Waals surface area contributed by atoms with Gasteiger partial charge < -0.3 is 9.67 Å². The molecule has 0 bridgehead atoms. The van der Waals surface area contributed by atoms with Gasteiger partial charge in [-0.3, -0.25) is 9.59 Å². The molecule has 0 atom stereocenters. The normalized spacial score (nSPS) is 10.3. The minimum Gasteiger partial charge on any atom is -0.480 e. The van der Waals surface area contributed by atoms with Crippen LogP contribution in [0.3, 0.4) is 0 Å². The van der Waals surface area contributed by atoms with Crippen molar-refractivity contribution in [1.82, 2.24) is 4.57 Å². The second-order valence-electron chi connectivity index (χ2n) is 4.11. The molecule has 0 saturated carbocycles. The number of aliphatic carboxylic acids is 1. The molecule has 0 saturated heterocycles. The van der Waals surface area contributed by atoms with E-state index >= 15 is 0 Å². The highest BCUT2D eigenvalue weighted by Crippen LogP contribution is 2.12. The maximum Gasteiger partial charge on any atom is 0.323 e. The molecule has 18 heavy (non-hydrogen) atoms. The molecule has 2 rings (SSSR count). The van der Waals surface area contributed by atoms with Gasteiger partial charge in [-0.05, 0) is 25.1 Å². The topological polar surface area (TPSA) is 59.3 Å². The van der Waals surface area contributed by atoms with Crippen LogP contribution in [0, 0.1) is 6.92 Å². The molecule has 2 aromatic rings. The second kappa shape index (κ2) is 4.87. The van der Waals surface area contributed by atoms with Gasteiger partial charge in [-0.1, -0.05) is 23.8 Å². The minimum atomic E-state index is -0.968. The van der Waals surface area contributed by atoms with Gasteiger partial charge in [-0.2, -0.15) is 0 Å². The molecule has 4 heteroatoms. The van der Waals surface area contributed by atoms with E-state index in [9.17, 15) is 9.59 Å². The largest absolute Gasteiger partial charge is 0.480 e. The lowest BCUT2D eigenvalue weighted by atomic mass is 10.1. The van der Waals surface area contributed by atoms with Gasteiger partial charge in [-0.25, -0.2) is 0 Å². The number of carboxylic acids is 1. The molecule has 0 amide bonds. The molecule has 1 heterocycles. The third-order valence-electron chi connectivity index (χ3n) is 2.65. The predicted molar refractivity (Wildman–Crippen MR) is 66.7 cm³/mol. The molecule has 92 valence electrons. The Morgan fingerprint density at radius 3 is 2.67 bits per heavy atom. The molecule has 0 radical (unpaired) electrons. The van der Waals surface area contributed by atoms with E-state index < -0.39 is 5.97 Å². The Balaban J connectivity index is 2.34. The Bertz CT molecular complexity index is 599. The fourth-order valence-electron chi connectivity index (χ4n) is 1.84. The van der Waals surface area contributed by atoms with Crippen molar-refractivity contribution < 1.29 is 14.7 Å². The summed E-state index contributed by atoms with van der Waals surface area (Å²) >= 11 is 0. The summed E-state index contributed by atoms with van der Waals surface area (Å²) in [7, 11) is 0. The lowest BCUT2D eigenvalue weighted by Gasteiger charge is -2.06. The molecule has 4 nitrogen and oxygen atoms in total. The maximum absolute atomic E-state index is 12.2. The van der Waals surface area contributed by atoms with Gasteiger partial charge >= 0.3 is 5.97 Å². The number of carboxylic acid groups (broad SMARTS) is 1. The van der Waals surface area contributed by atoms with E-state index in [4.69, 9.17) is 5.11 Å². The highest BCUT2D eigenvalue weighted by atomic mass is 16.4. The standard InChI is InChI=1S/C14H13NO3/c1-10-4-2-5-11(8-10)14(18)12-6-3-7-15(12)9-13(16)17/h2-8H,9H2,1H3,(H,16,17). The molecule has 0 aliphatic heterocycles. The molecule has 0 fully saturated rings. The van der Waals surface area contributed by atoms with Crippen molar-refractivity contribution in [1.29, 1.82) is 0 Å². The van der Waals surface area contributed by atoms with Crippen molar-refractivity contribution in [3.05, 3.63) is 59.4 Å². The average molecular weight is 243 g/mol. The Labute approximate surface area is 104 Å². The highest BCUT2D eigenvalue weighted by molar-refractivity contribution is 6.08. The summed E-state index contributed by atoms with van der Waals surface area (Å²) < 4.78 is 1.44. The zero-order valence-electron chi connectivity index (χ0n) is 9.96. The maximum atomic E-state index is 12.2. The number of rotatable bonds is 4. The van der Waals surface area contributed by atoms with Crippen LogP contribution >= 0.6 is 0 Å². The Kier molecular flexibility index (Phi) is 3.28. The monoisotopic (exact) mass is 243 g/mol. The lowest BCUT2D eigenvalue weighted by Crippen LogP contribution is -2.14. The lowest BCUT2D eigenvalue weighted by molar-refractivity contribution is -0.137. The minimum absolute atomic E-state index is 0.162. The SMILES string of the molecule is Cc1cccc(C(=O)c2cccn2CC(=O)O)c1. The smallest absolute Gasteiger partial charge is 0.323 e. The van der Waals surface area contributed by atoms with Gasteiger partial charge in [0.2, 0.25) is 5.78 Å². The van der Waals surface area contributed by atoms with Gasteiger partial charge in [-0.15, -0.1) is 0 Å². The van der Waals surface area contributed by atoms with Crippen LogP contribution in [-0.2, 0) is 11.3 Å². The van der Waals surface area contributed by atoms with E-state index in [0.717, 1.165) is 5.56 Å². The summed E-state index contributed by atoms with van der Waals surface area (Å²) in [6, 6.07) is 10.5. The molecule has 0 aliphatic rings. The van der Waals surface area contributed by atoms with Crippen LogP contribution in [0.2, 0.25) is 0 Å². The van der Waals surface area contributed by atoms with Crippen molar-refractivity contribution in [3.63, 3.8) is 0 Å². The molecule has 1 N–H and O–H groups in total. The number of ketones is 1. The van der Waals surface area contributed by atoms with Crippen LogP contribution in [0.25, 0.3) is 0 Å². The van der Waals surface area contributed by atoms with E-state index in [2.05, 4.69) is 0 Å². The van der Waals surface area contributed by atoms with Crippen LogP contribution < -0.4 is 0 Å². The Morgan fingerprint density at radius 2 is 2.00 bits per heavy atom. The quantitative estimate of drug-likeness (QED) is 0.837. The Hall–Kier alpha value is -2.36. The molecule has 1 aromatic heterocycles. The van der Waals surface area contributed by atoms with E-state index in [-0.39, 0.29) is 12.3 Å². The first-order valence-electron chi connectivity index (χ1n) is 5.56. The zero-order chi connectivity index (χ0) is 13.1. The van der Waals surface area contributed by atoms with Gasteiger partial charge in [0.05, 0.1) is 5.69 Å². The summed E-state index contributed by atoms with van der Waals surface area (Å²) in [4.78, 5) is 22.9. The van der Waals surface area contributed by atoms with Gasteiger partial charge in [0.25, 0.3) is 0 Å². The summed E-state index contributed by atoms with van der Waals surface area (Å²) in [6.45, 7) is 1.70. The highest BCUT2D eigenvalue weighted by Gasteiger charge is 2.14. The van der Waals surface area contributed by atoms with Gasteiger partial charge in [0.15, 0.2) is 0 Å². The number of aromatic nitrogens is 1. The number of hydrogen-bond acceptors (Lipinski definition) is 2. The average Bonchev–Trinajstić information content (AvgIpc) is 2.75. The number of hydrogen-bond donors (Lipinski definition) is 1. The first kappa shape index (κ1) is 12.1. The van der Waals surface area contributed by atoms with Crippen LogP contribution in [0.4, 0.5) is 0 Å². The first-order chi connectivity index (χ1) is 8.58. The Morgan fingerprint density at radius 1 is 1.22 bits per heavy atom. The number of aryl methyl sites for hydroxylation is 1. The van der Waals surface area contributed by atoms with E-state index in [1.54, 1.807) is 30.5 Å². The van der Waals surface area contributed by atoms with Crippen molar-refractivity contribution in [3.8, 4) is 0 Å². The molecular weight excluding hydrogens is 230 g/mol. The van der Waals surface area contributed by atoms with Crippen LogP contribution in [0.1, 0.15) is 21.6 Å². The van der Waals surface area contributed by atoms with Gasteiger partial charge in [0.1, 0.15) is 6.54 Å². The predicted octanol–water partition coefficient (Wildman–Crippen LogP) is 2.11. The van der Waals surface area contributed by atoms with E-state index in [1.807, 2.05) is 19.1 Å². The van der Waals surface area contributed by atoms with Crippen LogP contribution in [0.5, 0.6) is 0 Å². The van der Waals surface area contributed by atoms with E-state index in [0.29, 0.717) is 11.3 Å². The third kappa shape index (κ3) is 2.48. The van der Waals surface area contributed by atoms with E-state index in [1.165, 1.54) is 4.57 Å². The van der Waals surface area contributed by atoms with Crippen molar-refractivity contribution in [2.45, 2.75) is 13.5 Å². The molecular formula is C14H13NO3. The van der Waals surface area contributed by atoms with Gasteiger partial charge in [0, 0.05) is 11.8 Å². The zero-order valence-corrected chi connectivity index (χ0v) is 9.96. The molecule has 0 aliphatic carbocycles. The number of nitrogens with zero attached hydrogens (tertiary/aromatic N) is 1. The summed E-state index contributed by atoms with van der Waals surface area (Å²) in [5.74, 6) is -1.13. The summed E-state index contributed by atoms with van der Waals surface area (Å²) in [5, 5.41) is 8.77. The molecule has 1 aromatic carbocycles. The molecule has 0 spiro atoms. The third-order valence-corrected chi connectivity index (χ3v) is 2.65. The summed E-state index contributed by atoms with van der Waals surface area (Å²) in [5.41, 5.74) is 1.96. The van der Waals surface area contributed by atoms with Crippen LogP contribution in [0.15, 0.2) is 42.6 Å². The fraction of sp³-hybridized carbons (Fsp3) is 0.143. The van der Waals surface area contributed by atoms with Crippen molar-refractivity contribution in [2.24, 2.45) is 0 Å². The number of benzene rings is 1. The molecule has 0 unspecified atom stereocenters. The van der Waals surface area contributed by atoms with Crippen molar-refractivity contribution >= 4 is 11.8 Å². The summed E-state index contributed by atoms with van der Waals surface area (Å²) in [6.07, 6.45) is 1.59. The van der Waals surface area contributed by atoms with Crippen molar-refractivity contribution in [2.75, 3.05) is 0 Å². The number of carbonyl (C=O) groups is 2. The first-order valence-corrected chi connectivity index (χ1v) is 5.56. The van der Waals surface area contributed by atoms with Crippen LogP contribution in [-0.4, -0.2) is 21.4 Å². The second-order valence-corrected chi connectivity index (χ2v) is 4.11. The fourth-order valence-corrected chi connectivity index (χ4v) is 1.84.